The van der Waals surface area contributed by atoms with Crippen LogP contribution in [0.25, 0.3) is 22.4 Å². The van der Waals surface area contributed by atoms with Gasteiger partial charge in [0.25, 0.3) is 5.91 Å². The second-order valence-corrected chi connectivity index (χ2v) is 7.80. The summed E-state index contributed by atoms with van der Waals surface area (Å²) in [4.78, 5) is 17.4. The van der Waals surface area contributed by atoms with Crippen LogP contribution in [-0.2, 0) is 24.2 Å². The van der Waals surface area contributed by atoms with E-state index < -0.39 is 11.7 Å². The lowest BCUT2D eigenvalue weighted by molar-refractivity contribution is 0.102. The van der Waals surface area contributed by atoms with Crippen LogP contribution in [0.15, 0.2) is 42.6 Å². The number of hydrogen-bond acceptors (Lipinski definition) is 5. The number of benzene rings is 1. The van der Waals surface area contributed by atoms with Crippen LogP contribution in [-0.4, -0.2) is 43.9 Å². The number of pyridine rings is 1. The fourth-order valence-corrected chi connectivity index (χ4v) is 4.08. The number of amides is 1. The van der Waals surface area contributed by atoms with Crippen molar-refractivity contribution < 1.29 is 13.9 Å². The highest BCUT2D eigenvalue weighted by Gasteiger charge is 2.19. The number of anilines is 1. The van der Waals surface area contributed by atoms with Crippen molar-refractivity contribution in [2.24, 2.45) is 0 Å². The molecule has 1 aliphatic rings. The lowest BCUT2D eigenvalue weighted by atomic mass is 10.1. The molecule has 1 aromatic carbocycles. The van der Waals surface area contributed by atoms with E-state index in [1.165, 1.54) is 6.07 Å². The standard InChI is InChI=1S/C23H23FN6O2/c1-32-12-11-29-10-8-15-13-17(24)16(14-19(15)29)23(31)26-20-6-4-5-18(25-20)22-28-27-21-7-2-3-9-30(21)22/h4-6,8,10,13-14H,2-3,7,9,11-12H2,1H3,(H,25,26,31). The van der Waals surface area contributed by atoms with Gasteiger partial charge in [0.2, 0.25) is 0 Å². The fraction of sp³-hybridized carbons (Fsp3) is 0.304. The van der Waals surface area contributed by atoms with E-state index in [0.717, 1.165) is 42.5 Å². The Morgan fingerprint density at radius 1 is 1.22 bits per heavy atom. The van der Waals surface area contributed by atoms with Gasteiger partial charge >= 0.3 is 0 Å². The summed E-state index contributed by atoms with van der Waals surface area (Å²) in [6.07, 6.45) is 4.93. The van der Waals surface area contributed by atoms with Gasteiger partial charge in [-0.3, -0.25) is 4.79 Å². The van der Waals surface area contributed by atoms with Gasteiger partial charge in [-0.05, 0) is 43.2 Å². The number of aromatic nitrogens is 5. The van der Waals surface area contributed by atoms with Crippen molar-refractivity contribution in [3.63, 3.8) is 0 Å². The lowest BCUT2D eigenvalue weighted by Gasteiger charge is -2.14. The Hall–Kier alpha value is -3.59. The molecule has 1 amide bonds. The number of carbonyl (C=O) groups excluding carboxylic acids is 1. The molecule has 9 heteroatoms. The Bertz CT molecular complexity index is 1300. The van der Waals surface area contributed by atoms with Crippen molar-refractivity contribution in [2.75, 3.05) is 19.0 Å². The lowest BCUT2D eigenvalue weighted by Crippen LogP contribution is -2.16. The zero-order valence-electron chi connectivity index (χ0n) is 17.7. The third-order valence-electron chi connectivity index (χ3n) is 5.72. The number of rotatable bonds is 6. The Morgan fingerprint density at radius 2 is 2.12 bits per heavy atom. The molecule has 3 aromatic heterocycles. The van der Waals surface area contributed by atoms with Gasteiger partial charge in [0, 0.05) is 43.7 Å². The van der Waals surface area contributed by atoms with Gasteiger partial charge in [-0.1, -0.05) is 6.07 Å². The maximum Gasteiger partial charge on any atom is 0.259 e. The zero-order valence-corrected chi connectivity index (χ0v) is 17.7. The molecule has 0 atom stereocenters. The zero-order chi connectivity index (χ0) is 22.1. The summed E-state index contributed by atoms with van der Waals surface area (Å²) in [5, 5.41) is 12.0. The van der Waals surface area contributed by atoms with Crippen molar-refractivity contribution in [1.82, 2.24) is 24.3 Å². The van der Waals surface area contributed by atoms with Crippen molar-refractivity contribution >= 4 is 22.6 Å². The largest absolute Gasteiger partial charge is 0.383 e. The molecule has 0 spiro atoms. The first-order valence-corrected chi connectivity index (χ1v) is 10.6. The normalized spacial score (nSPS) is 13.3. The third kappa shape index (κ3) is 3.75. The van der Waals surface area contributed by atoms with Crippen LogP contribution in [0.1, 0.15) is 29.0 Å². The number of nitrogens with one attached hydrogen (secondary N) is 1. The van der Waals surface area contributed by atoms with Gasteiger partial charge in [-0.25, -0.2) is 9.37 Å². The highest BCUT2D eigenvalue weighted by molar-refractivity contribution is 6.06. The third-order valence-corrected chi connectivity index (χ3v) is 5.72. The first-order chi connectivity index (χ1) is 15.6. The van der Waals surface area contributed by atoms with Crippen LogP contribution in [0.2, 0.25) is 0 Å². The minimum absolute atomic E-state index is 0.0399. The van der Waals surface area contributed by atoms with E-state index in [1.54, 1.807) is 25.3 Å². The number of hydrogen-bond donors (Lipinski definition) is 1. The predicted molar refractivity (Wildman–Crippen MR) is 118 cm³/mol. The fourth-order valence-electron chi connectivity index (χ4n) is 4.08. The van der Waals surface area contributed by atoms with Gasteiger partial charge in [0.1, 0.15) is 23.2 Å². The van der Waals surface area contributed by atoms with Crippen LogP contribution >= 0.6 is 0 Å². The molecule has 0 radical (unpaired) electrons. The van der Waals surface area contributed by atoms with E-state index in [-0.39, 0.29) is 5.56 Å². The molecular formula is C23H23FN6O2. The molecule has 5 rings (SSSR count). The van der Waals surface area contributed by atoms with Crippen molar-refractivity contribution in [3.8, 4) is 11.5 Å². The van der Waals surface area contributed by atoms with Crippen molar-refractivity contribution in [1.29, 1.82) is 0 Å². The summed E-state index contributed by atoms with van der Waals surface area (Å²) in [6.45, 7) is 1.98. The van der Waals surface area contributed by atoms with Crippen LogP contribution in [0, 0.1) is 5.82 Å². The quantitative estimate of drug-likeness (QED) is 0.500. The number of carbonyl (C=O) groups is 1. The van der Waals surface area contributed by atoms with Crippen LogP contribution in [0.5, 0.6) is 0 Å². The van der Waals surface area contributed by atoms with Crippen molar-refractivity contribution in [2.45, 2.75) is 32.4 Å². The van der Waals surface area contributed by atoms with Crippen LogP contribution in [0.3, 0.4) is 0 Å². The molecule has 4 heterocycles. The second-order valence-electron chi connectivity index (χ2n) is 7.80. The molecule has 4 aromatic rings. The first-order valence-electron chi connectivity index (χ1n) is 10.6. The number of ether oxygens (including phenoxy) is 1. The monoisotopic (exact) mass is 434 g/mol. The van der Waals surface area contributed by atoms with E-state index in [2.05, 4.69) is 25.1 Å². The molecule has 0 bridgehead atoms. The Morgan fingerprint density at radius 3 is 3.00 bits per heavy atom. The molecule has 164 valence electrons. The number of aryl methyl sites for hydroxylation is 1. The summed E-state index contributed by atoms with van der Waals surface area (Å²) in [7, 11) is 1.63. The molecular weight excluding hydrogens is 411 g/mol. The highest BCUT2D eigenvalue weighted by atomic mass is 19.1. The molecule has 0 unspecified atom stereocenters. The Kier molecular flexibility index (Phi) is 5.40. The summed E-state index contributed by atoms with van der Waals surface area (Å²) in [5.74, 6) is 0.822. The molecule has 1 aliphatic heterocycles. The van der Waals surface area contributed by atoms with E-state index in [9.17, 15) is 9.18 Å². The number of methoxy groups -OCH3 is 1. The van der Waals surface area contributed by atoms with E-state index in [4.69, 9.17) is 4.74 Å². The minimum atomic E-state index is -0.581. The summed E-state index contributed by atoms with van der Waals surface area (Å²) >= 11 is 0. The highest BCUT2D eigenvalue weighted by Crippen LogP contribution is 2.24. The Balaban J connectivity index is 1.42. The average molecular weight is 434 g/mol. The maximum atomic E-state index is 14.7. The van der Waals surface area contributed by atoms with E-state index in [1.807, 2.05) is 22.9 Å². The topological polar surface area (TPSA) is 86.9 Å². The van der Waals surface area contributed by atoms with Crippen LogP contribution in [0.4, 0.5) is 10.2 Å². The summed E-state index contributed by atoms with van der Waals surface area (Å²) in [6, 6.07) is 10.1. The number of halogens is 1. The minimum Gasteiger partial charge on any atom is -0.383 e. The molecule has 0 fully saturated rings. The summed E-state index contributed by atoms with van der Waals surface area (Å²) in [5.41, 5.74) is 1.35. The molecule has 0 aliphatic carbocycles. The molecule has 8 nitrogen and oxygen atoms in total. The SMILES string of the molecule is COCCn1ccc2cc(F)c(C(=O)Nc3cccc(-c4nnc5n4CCCC5)n3)cc21. The molecule has 1 N–H and O–H groups in total. The summed E-state index contributed by atoms with van der Waals surface area (Å²) < 4.78 is 23.8. The smallest absolute Gasteiger partial charge is 0.259 e. The number of nitrogens with zero attached hydrogens (tertiary/aromatic N) is 5. The maximum absolute atomic E-state index is 14.7. The molecule has 32 heavy (non-hydrogen) atoms. The average Bonchev–Trinajstić information content (AvgIpc) is 3.41. The van der Waals surface area contributed by atoms with Gasteiger partial charge in [-0.2, -0.15) is 0 Å². The van der Waals surface area contributed by atoms with E-state index >= 15 is 0 Å². The molecule has 0 saturated heterocycles. The van der Waals surface area contributed by atoms with E-state index in [0.29, 0.717) is 30.5 Å². The van der Waals surface area contributed by atoms with Gasteiger partial charge in [0.05, 0.1) is 12.2 Å². The van der Waals surface area contributed by atoms with Crippen LogP contribution < -0.4 is 5.32 Å². The first kappa shape index (κ1) is 20.3. The van der Waals surface area contributed by atoms with Crippen molar-refractivity contribution in [3.05, 3.63) is 59.8 Å². The van der Waals surface area contributed by atoms with Gasteiger partial charge in [-0.15, -0.1) is 10.2 Å². The second kappa shape index (κ2) is 8.51. The number of fused-ring (bicyclic) bond motifs is 2. The van der Waals surface area contributed by atoms with Gasteiger partial charge in [0.15, 0.2) is 5.82 Å². The molecule has 0 saturated carbocycles. The van der Waals surface area contributed by atoms with Gasteiger partial charge < -0.3 is 19.2 Å². The Labute approximate surface area is 184 Å². The predicted octanol–water partition coefficient (Wildman–Crippen LogP) is 3.67.